The molecule has 1 aromatic carbocycles. The maximum atomic E-state index is 5.92. The summed E-state index contributed by atoms with van der Waals surface area (Å²) >= 11 is 5.92. The van der Waals surface area contributed by atoms with Crippen molar-refractivity contribution >= 4 is 28.0 Å². The van der Waals surface area contributed by atoms with Crippen LogP contribution in [-0.4, -0.2) is 15.3 Å². The van der Waals surface area contributed by atoms with E-state index < -0.39 is 0 Å². The summed E-state index contributed by atoms with van der Waals surface area (Å²) in [6.45, 7) is 2.10. The molecule has 0 unspecified atom stereocenters. The summed E-state index contributed by atoms with van der Waals surface area (Å²) in [5, 5.41) is 1.28. The molecule has 86 valence electrons. The summed E-state index contributed by atoms with van der Waals surface area (Å²) in [4.78, 5) is 4.27. The molecule has 3 rings (SSSR count). The van der Waals surface area contributed by atoms with Gasteiger partial charge in [0, 0.05) is 17.5 Å². The third-order valence-electron chi connectivity index (χ3n) is 3.18. The summed E-state index contributed by atoms with van der Waals surface area (Å²) in [5.74, 6) is 0.644. The average Bonchev–Trinajstić information content (AvgIpc) is 2.67. The zero-order chi connectivity index (χ0) is 11.8. The van der Waals surface area contributed by atoms with Crippen molar-refractivity contribution in [2.45, 2.75) is 13.3 Å². The van der Waals surface area contributed by atoms with Crippen LogP contribution >= 0.6 is 11.6 Å². The molecule has 0 radical (unpaired) electrons. The Bertz CT molecular complexity index is 685. The van der Waals surface area contributed by atoms with Gasteiger partial charge in [-0.15, -0.1) is 11.6 Å². The van der Waals surface area contributed by atoms with E-state index in [9.17, 15) is 0 Å². The molecule has 0 saturated heterocycles. The lowest BCUT2D eigenvalue weighted by Crippen LogP contribution is -1.92. The molecule has 0 N–H and O–H groups in total. The van der Waals surface area contributed by atoms with Crippen LogP contribution in [0.2, 0.25) is 0 Å². The fourth-order valence-corrected chi connectivity index (χ4v) is 2.69. The Kier molecular flexibility index (Phi) is 2.52. The van der Waals surface area contributed by atoms with Crippen molar-refractivity contribution in [3.8, 4) is 0 Å². The Morgan fingerprint density at radius 1 is 1.29 bits per heavy atom. The minimum absolute atomic E-state index is 0.644. The number of aromatic nitrogens is 2. The monoisotopic (exact) mass is 244 g/mol. The molecule has 2 heterocycles. The number of hydrogen-bond donors (Lipinski definition) is 0. The minimum Gasteiger partial charge on any atom is -0.300 e. The van der Waals surface area contributed by atoms with Crippen LogP contribution < -0.4 is 0 Å². The van der Waals surface area contributed by atoms with Crippen molar-refractivity contribution in [3.63, 3.8) is 0 Å². The Balaban J connectivity index is 2.53. The molecule has 0 amide bonds. The maximum absolute atomic E-state index is 5.92. The lowest BCUT2D eigenvalue weighted by atomic mass is 10.1. The van der Waals surface area contributed by atoms with Gasteiger partial charge in [0.25, 0.3) is 0 Å². The van der Waals surface area contributed by atoms with Gasteiger partial charge in [0.2, 0.25) is 0 Å². The molecule has 3 heteroatoms. The fraction of sp³-hybridized carbons (Fsp3) is 0.214. The molecule has 3 aromatic rings. The Morgan fingerprint density at radius 2 is 2.12 bits per heavy atom. The lowest BCUT2D eigenvalue weighted by molar-refractivity contribution is 1.08. The predicted molar refractivity (Wildman–Crippen MR) is 71.9 cm³/mol. The largest absolute Gasteiger partial charge is 0.300 e. The van der Waals surface area contributed by atoms with Gasteiger partial charge in [0.1, 0.15) is 0 Å². The van der Waals surface area contributed by atoms with Crippen molar-refractivity contribution in [2.24, 2.45) is 0 Å². The number of para-hydroxylation sites is 1. The van der Waals surface area contributed by atoms with Crippen molar-refractivity contribution in [1.82, 2.24) is 9.38 Å². The van der Waals surface area contributed by atoms with Gasteiger partial charge < -0.3 is 0 Å². The van der Waals surface area contributed by atoms with Gasteiger partial charge in [-0.2, -0.15) is 0 Å². The van der Waals surface area contributed by atoms with Crippen LogP contribution in [0.25, 0.3) is 16.4 Å². The van der Waals surface area contributed by atoms with Crippen molar-refractivity contribution in [1.29, 1.82) is 0 Å². The minimum atomic E-state index is 0.644. The smallest absolute Gasteiger partial charge is 0.0995 e. The van der Waals surface area contributed by atoms with Crippen LogP contribution in [0, 0.1) is 6.92 Å². The highest BCUT2D eigenvalue weighted by Gasteiger charge is 2.12. The van der Waals surface area contributed by atoms with Gasteiger partial charge >= 0.3 is 0 Å². The zero-order valence-electron chi connectivity index (χ0n) is 9.65. The van der Waals surface area contributed by atoms with Gasteiger partial charge in [0.05, 0.1) is 17.4 Å². The summed E-state index contributed by atoms with van der Waals surface area (Å²) in [6, 6.07) is 8.41. The zero-order valence-corrected chi connectivity index (χ0v) is 10.4. The highest BCUT2D eigenvalue weighted by Crippen LogP contribution is 2.28. The summed E-state index contributed by atoms with van der Waals surface area (Å²) in [7, 11) is 0. The second-order valence-electron chi connectivity index (χ2n) is 4.23. The van der Waals surface area contributed by atoms with E-state index in [0.29, 0.717) is 5.88 Å². The first-order valence-corrected chi connectivity index (χ1v) is 6.24. The van der Waals surface area contributed by atoms with Gasteiger partial charge in [0.15, 0.2) is 0 Å². The first-order chi connectivity index (χ1) is 8.33. The molecular formula is C14H13ClN2. The molecule has 2 aromatic heterocycles. The van der Waals surface area contributed by atoms with E-state index in [1.54, 1.807) is 0 Å². The van der Waals surface area contributed by atoms with E-state index in [0.717, 1.165) is 6.42 Å². The number of rotatable bonds is 2. The maximum Gasteiger partial charge on any atom is 0.0995 e. The second kappa shape index (κ2) is 4.04. The van der Waals surface area contributed by atoms with Crippen LogP contribution in [0.5, 0.6) is 0 Å². The highest BCUT2D eigenvalue weighted by atomic mass is 35.5. The van der Waals surface area contributed by atoms with Gasteiger partial charge in [-0.05, 0) is 30.5 Å². The fourth-order valence-electron chi connectivity index (χ4n) is 2.50. The van der Waals surface area contributed by atoms with Gasteiger partial charge in [-0.1, -0.05) is 18.2 Å². The van der Waals surface area contributed by atoms with Crippen LogP contribution in [0.4, 0.5) is 0 Å². The van der Waals surface area contributed by atoms with Gasteiger partial charge in [-0.25, -0.2) is 4.98 Å². The molecule has 17 heavy (non-hydrogen) atoms. The first-order valence-electron chi connectivity index (χ1n) is 5.71. The van der Waals surface area contributed by atoms with Crippen molar-refractivity contribution in [2.75, 3.05) is 5.88 Å². The van der Waals surface area contributed by atoms with Crippen LogP contribution in [0.15, 0.2) is 36.8 Å². The molecular weight excluding hydrogens is 232 g/mol. The van der Waals surface area contributed by atoms with E-state index in [-0.39, 0.29) is 0 Å². The third kappa shape index (κ3) is 1.52. The van der Waals surface area contributed by atoms with Gasteiger partial charge in [-0.3, -0.25) is 4.40 Å². The molecule has 0 aliphatic carbocycles. The number of nitrogens with zero attached hydrogens (tertiary/aromatic N) is 2. The average molecular weight is 245 g/mol. The molecule has 0 atom stereocenters. The number of halogens is 1. The van der Waals surface area contributed by atoms with Crippen LogP contribution in [0.3, 0.4) is 0 Å². The van der Waals surface area contributed by atoms with Crippen LogP contribution in [-0.2, 0) is 6.42 Å². The highest BCUT2D eigenvalue weighted by molar-refractivity contribution is 6.18. The quantitative estimate of drug-likeness (QED) is 0.630. The molecule has 2 nitrogen and oxygen atoms in total. The summed E-state index contributed by atoms with van der Waals surface area (Å²) in [6.07, 6.45) is 4.68. The second-order valence-corrected chi connectivity index (χ2v) is 4.61. The SMILES string of the molecule is Cc1cncn2c1c(CCCl)c1ccccc12. The summed E-state index contributed by atoms with van der Waals surface area (Å²) < 4.78 is 2.16. The molecule has 0 aliphatic rings. The van der Waals surface area contributed by atoms with Crippen molar-refractivity contribution < 1.29 is 0 Å². The number of fused-ring (bicyclic) bond motifs is 3. The van der Waals surface area contributed by atoms with Crippen LogP contribution in [0.1, 0.15) is 11.1 Å². The molecule has 0 spiro atoms. The standard InChI is InChI=1S/C14H13ClN2/c1-10-8-16-9-17-13-5-3-2-4-11(13)12(6-7-15)14(10)17/h2-5,8-9H,6-7H2,1H3. The molecule has 0 saturated carbocycles. The Morgan fingerprint density at radius 3 is 2.94 bits per heavy atom. The number of benzene rings is 1. The lowest BCUT2D eigenvalue weighted by Gasteiger charge is -2.01. The number of aryl methyl sites for hydroxylation is 2. The van der Waals surface area contributed by atoms with E-state index in [1.165, 1.54) is 27.5 Å². The molecule has 0 fully saturated rings. The molecule has 0 bridgehead atoms. The van der Waals surface area contributed by atoms with E-state index in [1.807, 2.05) is 12.5 Å². The summed E-state index contributed by atoms with van der Waals surface area (Å²) in [5.41, 5.74) is 4.99. The van der Waals surface area contributed by atoms with E-state index >= 15 is 0 Å². The normalized spacial score (nSPS) is 11.4. The Hall–Kier alpha value is -1.54. The topological polar surface area (TPSA) is 17.3 Å². The number of hydrogen-bond acceptors (Lipinski definition) is 1. The Labute approximate surface area is 105 Å². The van der Waals surface area contributed by atoms with E-state index in [4.69, 9.17) is 11.6 Å². The molecule has 0 aliphatic heterocycles. The first kappa shape index (κ1) is 10.6. The van der Waals surface area contributed by atoms with Crippen molar-refractivity contribution in [3.05, 3.63) is 47.9 Å². The van der Waals surface area contributed by atoms with E-state index in [2.05, 4.69) is 40.6 Å². The third-order valence-corrected chi connectivity index (χ3v) is 3.37. The number of alkyl halides is 1. The predicted octanol–water partition coefficient (Wildman–Crippen LogP) is 3.58.